The lowest BCUT2D eigenvalue weighted by atomic mass is 9.91. The number of halogens is 1. The summed E-state index contributed by atoms with van der Waals surface area (Å²) < 4.78 is 15.9. The minimum absolute atomic E-state index is 0.177. The average molecular weight is 431 g/mol. The van der Waals surface area contributed by atoms with E-state index >= 15 is 0 Å². The molecule has 0 spiro atoms. The third-order valence-corrected chi connectivity index (χ3v) is 5.51. The quantitative estimate of drug-likeness (QED) is 0.630. The summed E-state index contributed by atoms with van der Waals surface area (Å²) in [6, 6.07) is 12.2. The topological polar surface area (TPSA) is 80.1 Å². The molecule has 32 heavy (non-hydrogen) atoms. The zero-order valence-corrected chi connectivity index (χ0v) is 17.5. The highest BCUT2D eigenvalue weighted by Gasteiger charge is 2.35. The molecule has 1 aromatic carbocycles. The number of aromatic nitrogens is 3. The van der Waals surface area contributed by atoms with Crippen LogP contribution in [0.3, 0.4) is 0 Å². The number of benzene rings is 1. The van der Waals surface area contributed by atoms with Crippen LogP contribution in [-0.2, 0) is 11.3 Å². The van der Waals surface area contributed by atoms with Crippen LogP contribution in [0.4, 0.5) is 10.2 Å². The minimum Gasteiger partial charge on any atom is -0.339 e. The molecule has 2 amide bonds. The van der Waals surface area contributed by atoms with Gasteiger partial charge in [-0.25, -0.2) is 9.37 Å². The molecule has 1 N–H and O–H groups in total. The molecular formula is C24H22FN5O2. The van der Waals surface area contributed by atoms with Gasteiger partial charge in [-0.05, 0) is 23.6 Å². The van der Waals surface area contributed by atoms with Crippen molar-refractivity contribution in [3.05, 3.63) is 77.5 Å². The van der Waals surface area contributed by atoms with Gasteiger partial charge in [0.15, 0.2) is 11.5 Å². The van der Waals surface area contributed by atoms with E-state index in [1.165, 1.54) is 15.8 Å². The Labute approximate surface area is 185 Å². The number of anilines is 1. The maximum Gasteiger partial charge on any atom is 0.275 e. The second kappa shape index (κ2) is 9.02. The number of nitrogens with zero attached hydrogens (tertiary/aromatic N) is 4. The minimum atomic E-state index is -0.890. The number of likely N-dealkylation sites (N-methyl/N-ethyl adjacent to an activating group) is 1. The van der Waals surface area contributed by atoms with Gasteiger partial charge < -0.3 is 5.32 Å². The molecule has 0 saturated carbocycles. The van der Waals surface area contributed by atoms with Crippen LogP contribution >= 0.6 is 0 Å². The van der Waals surface area contributed by atoms with E-state index in [9.17, 15) is 14.0 Å². The van der Waals surface area contributed by atoms with Crippen molar-refractivity contribution in [3.63, 3.8) is 0 Å². The Kier molecular flexibility index (Phi) is 5.99. The Morgan fingerprint density at radius 3 is 2.81 bits per heavy atom. The summed E-state index contributed by atoms with van der Waals surface area (Å²) in [6.07, 6.45) is 8.98. The summed E-state index contributed by atoms with van der Waals surface area (Å²) in [7, 11) is 1.60. The molecule has 7 nitrogen and oxygen atoms in total. The smallest absolute Gasteiger partial charge is 0.275 e. The normalized spacial score (nSPS) is 17.9. The fourth-order valence-corrected chi connectivity index (χ4v) is 3.94. The fourth-order valence-electron chi connectivity index (χ4n) is 3.94. The molecule has 0 fully saturated rings. The Bertz CT molecular complexity index is 1180. The molecule has 1 aliphatic heterocycles. The summed E-state index contributed by atoms with van der Waals surface area (Å²) >= 11 is 0. The van der Waals surface area contributed by atoms with Gasteiger partial charge in [0, 0.05) is 25.6 Å². The Morgan fingerprint density at radius 1 is 1.28 bits per heavy atom. The molecule has 0 aliphatic carbocycles. The number of amides is 2. The van der Waals surface area contributed by atoms with Crippen LogP contribution in [0.25, 0.3) is 0 Å². The summed E-state index contributed by atoms with van der Waals surface area (Å²) in [6.45, 7) is 0.321. The lowest BCUT2D eigenvalue weighted by Gasteiger charge is -2.21. The van der Waals surface area contributed by atoms with Gasteiger partial charge in [0.1, 0.15) is 11.9 Å². The number of carbonyl (C=O) groups is 2. The highest BCUT2D eigenvalue weighted by molar-refractivity contribution is 6.02. The van der Waals surface area contributed by atoms with Crippen molar-refractivity contribution in [1.29, 1.82) is 0 Å². The van der Waals surface area contributed by atoms with Gasteiger partial charge in [0.2, 0.25) is 5.91 Å². The zero-order valence-electron chi connectivity index (χ0n) is 17.5. The number of terminal acetylenes is 1. The van der Waals surface area contributed by atoms with E-state index < -0.39 is 17.8 Å². The standard InChI is InChI=1S/C24H22FN5O2/c1-3-8-17-13-20(24(32)29(2)22-18(17)11-7-12-26-22)27-23(31)21-19(25)15-30(28-21)14-16-9-5-4-6-10-16/h1,4-7,9-12,15,17,20H,8,13-14H2,2H3,(H,27,31)/t17-,20+/m0/s1. The van der Waals surface area contributed by atoms with Crippen molar-refractivity contribution in [2.75, 3.05) is 11.9 Å². The maximum absolute atomic E-state index is 14.5. The highest BCUT2D eigenvalue weighted by Crippen LogP contribution is 2.34. The molecule has 3 aromatic rings. The van der Waals surface area contributed by atoms with Gasteiger partial charge in [-0.15, -0.1) is 12.3 Å². The summed E-state index contributed by atoms with van der Waals surface area (Å²) in [5, 5.41) is 6.75. The summed E-state index contributed by atoms with van der Waals surface area (Å²) in [5.41, 5.74) is 1.41. The molecule has 0 unspecified atom stereocenters. The molecule has 162 valence electrons. The maximum atomic E-state index is 14.5. The van der Waals surface area contributed by atoms with Crippen molar-refractivity contribution in [2.24, 2.45) is 0 Å². The van der Waals surface area contributed by atoms with Gasteiger partial charge in [-0.1, -0.05) is 36.4 Å². The van der Waals surface area contributed by atoms with Gasteiger partial charge in [0.25, 0.3) is 5.91 Å². The van der Waals surface area contributed by atoms with Crippen molar-refractivity contribution < 1.29 is 14.0 Å². The second-order valence-electron chi connectivity index (χ2n) is 7.69. The van der Waals surface area contributed by atoms with Crippen LogP contribution in [0.1, 0.15) is 40.4 Å². The lowest BCUT2D eigenvalue weighted by Crippen LogP contribution is -2.47. The van der Waals surface area contributed by atoms with Crippen molar-refractivity contribution in [1.82, 2.24) is 20.1 Å². The first-order valence-electron chi connectivity index (χ1n) is 10.2. The molecule has 0 saturated heterocycles. The van der Waals surface area contributed by atoms with E-state index in [0.29, 0.717) is 18.8 Å². The average Bonchev–Trinajstić information content (AvgIpc) is 3.13. The number of pyridine rings is 1. The molecule has 0 radical (unpaired) electrons. The van der Waals surface area contributed by atoms with Crippen molar-refractivity contribution in [2.45, 2.75) is 31.3 Å². The first kappa shape index (κ1) is 21.2. The first-order chi connectivity index (χ1) is 15.5. The van der Waals surface area contributed by atoms with Crippen molar-refractivity contribution in [3.8, 4) is 12.3 Å². The summed E-state index contributed by atoms with van der Waals surface area (Å²) in [4.78, 5) is 31.6. The van der Waals surface area contributed by atoms with E-state index in [1.54, 1.807) is 19.3 Å². The van der Waals surface area contributed by atoms with Gasteiger partial charge in [-0.3, -0.25) is 19.2 Å². The van der Waals surface area contributed by atoms with Crippen molar-refractivity contribution >= 4 is 17.6 Å². The molecule has 2 aromatic heterocycles. The van der Waals surface area contributed by atoms with Crippen LogP contribution in [-0.4, -0.2) is 39.7 Å². The third kappa shape index (κ3) is 4.23. The molecule has 2 atom stereocenters. The van der Waals surface area contributed by atoms with Crippen LogP contribution in [0.2, 0.25) is 0 Å². The highest BCUT2D eigenvalue weighted by atomic mass is 19.1. The van der Waals surface area contributed by atoms with E-state index in [1.807, 2.05) is 36.4 Å². The molecular weight excluding hydrogens is 409 g/mol. The largest absolute Gasteiger partial charge is 0.339 e. The molecule has 1 aliphatic rings. The predicted octanol–water partition coefficient (Wildman–Crippen LogP) is 2.74. The number of hydrogen-bond acceptors (Lipinski definition) is 4. The monoisotopic (exact) mass is 431 g/mol. The third-order valence-electron chi connectivity index (χ3n) is 5.51. The summed E-state index contributed by atoms with van der Waals surface area (Å²) in [5.74, 6) is 1.11. The number of carbonyl (C=O) groups excluding carboxylic acids is 2. The molecule has 0 bridgehead atoms. The van der Waals surface area contributed by atoms with Crippen LogP contribution in [0, 0.1) is 18.2 Å². The molecule has 8 heteroatoms. The van der Waals surface area contributed by atoms with Crippen LogP contribution in [0.5, 0.6) is 0 Å². The lowest BCUT2D eigenvalue weighted by molar-refractivity contribution is -0.120. The van der Waals surface area contributed by atoms with E-state index in [-0.39, 0.29) is 23.9 Å². The number of hydrogen-bond donors (Lipinski definition) is 1. The van der Waals surface area contributed by atoms with Gasteiger partial charge in [0.05, 0.1) is 12.7 Å². The van der Waals surface area contributed by atoms with Gasteiger partial charge >= 0.3 is 0 Å². The first-order valence-corrected chi connectivity index (χ1v) is 10.2. The number of fused-ring (bicyclic) bond motifs is 1. The fraction of sp³-hybridized carbons (Fsp3) is 0.250. The Morgan fingerprint density at radius 2 is 2.06 bits per heavy atom. The van der Waals surface area contributed by atoms with Gasteiger partial charge in [-0.2, -0.15) is 5.10 Å². The van der Waals surface area contributed by atoms with E-state index in [4.69, 9.17) is 6.42 Å². The Balaban J connectivity index is 1.55. The molecule has 3 heterocycles. The van der Waals surface area contributed by atoms with E-state index in [2.05, 4.69) is 21.3 Å². The molecule has 4 rings (SSSR count). The number of rotatable bonds is 5. The zero-order chi connectivity index (χ0) is 22.7. The van der Waals surface area contributed by atoms with Crippen LogP contribution < -0.4 is 10.2 Å². The Hall–Kier alpha value is -3.99. The second-order valence-corrected chi connectivity index (χ2v) is 7.69. The number of nitrogens with one attached hydrogen (secondary N) is 1. The van der Waals surface area contributed by atoms with Crippen LogP contribution in [0.15, 0.2) is 54.9 Å². The predicted molar refractivity (Wildman–Crippen MR) is 117 cm³/mol. The SMILES string of the molecule is C#CC[C@H]1C[C@@H](NC(=O)c2nn(Cc3ccccc3)cc2F)C(=O)N(C)c2ncccc21. The van der Waals surface area contributed by atoms with E-state index in [0.717, 1.165) is 11.1 Å².